The number of carboxylic acid groups (broad SMARTS) is 1. The number of aliphatic carboxylic acids is 1. The van der Waals surface area contributed by atoms with E-state index >= 15 is 0 Å². The van der Waals surface area contributed by atoms with Crippen molar-refractivity contribution in [1.29, 1.82) is 0 Å². The third kappa shape index (κ3) is 4.79. The molecule has 0 bridgehead atoms. The lowest BCUT2D eigenvalue weighted by molar-refractivity contribution is -0.138. The molecule has 1 aromatic heterocycles. The van der Waals surface area contributed by atoms with Gasteiger partial charge in [0.05, 0.1) is 22.7 Å². The summed E-state index contributed by atoms with van der Waals surface area (Å²) in [5, 5.41) is 13.1. The summed E-state index contributed by atoms with van der Waals surface area (Å²) in [6, 6.07) is 9.74. The lowest BCUT2D eigenvalue weighted by Crippen LogP contribution is -2.31. The summed E-state index contributed by atoms with van der Waals surface area (Å²) in [6.07, 6.45) is -1.30. The molecular weight excluding hydrogens is 459 g/mol. The Balaban J connectivity index is 1.58. The zero-order chi connectivity index (χ0) is 23.8. The van der Waals surface area contributed by atoms with Crippen molar-refractivity contribution in [2.24, 2.45) is 0 Å². The largest absolute Gasteiger partial charge is 0.480 e. The van der Waals surface area contributed by atoms with E-state index < -0.39 is 33.8 Å². The van der Waals surface area contributed by atoms with Gasteiger partial charge in [-0.1, -0.05) is 30.3 Å². The Bertz CT molecular complexity index is 1280. The zero-order valence-electron chi connectivity index (χ0n) is 17.2. The summed E-state index contributed by atoms with van der Waals surface area (Å²) in [5.74, 6) is -1.05. The molecule has 1 aliphatic rings. The molecule has 174 valence electrons. The van der Waals surface area contributed by atoms with Crippen LogP contribution in [0, 0.1) is 0 Å². The van der Waals surface area contributed by atoms with Crippen molar-refractivity contribution in [3.63, 3.8) is 0 Å². The number of aromatic nitrogens is 2. The Hall–Kier alpha value is -3.18. The molecule has 2 N–H and O–H groups in total. The number of rotatable bonds is 6. The lowest BCUT2D eigenvalue weighted by atomic mass is 9.94. The predicted octanol–water partition coefficient (Wildman–Crippen LogP) is 4.01. The van der Waals surface area contributed by atoms with Gasteiger partial charge >= 0.3 is 12.1 Å². The van der Waals surface area contributed by atoms with Crippen molar-refractivity contribution in [3.05, 3.63) is 71.5 Å². The van der Waals surface area contributed by atoms with E-state index in [0.29, 0.717) is 30.5 Å². The van der Waals surface area contributed by atoms with Gasteiger partial charge in [0.15, 0.2) is 0 Å². The number of benzene rings is 2. The fourth-order valence-electron chi connectivity index (χ4n) is 4.06. The molecule has 0 fully saturated rings. The van der Waals surface area contributed by atoms with Crippen LogP contribution < -0.4 is 4.72 Å². The van der Waals surface area contributed by atoms with Gasteiger partial charge in [0.2, 0.25) is 10.0 Å². The van der Waals surface area contributed by atoms with Gasteiger partial charge in [-0.3, -0.25) is 9.48 Å². The first-order valence-corrected chi connectivity index (χ1v) is 11.6. The zero-order valence-corrected chi connectivity index (χ0v) is 18.0. The molecular formula is C22H20F3N3O4S. The summed E-state index contributed by atoms with van der Waals surface area (Å²) >= 11 is 0. The molecule has 0 spiro atoms. The van der Waals surface area contributed by atoms with Crippen LogP contribution in [0.5, 0.6) is 0 Å². The van der Waals surface area contributed by atoms with Crippen LogP contribution in [0.3, 0.4) is 0 Å². The van der Waals surface area contributed by atoms with Crippen molar-refractivity contribution in [2.75, 3.05) is 0 Å². The molecule has 11 heteroatoms. The summed E-state index contributed by atoms with van der Waals surface area (Å²) < 4.78 is 69.8. The number of carboxylic acids is 1. The topological polar surface area (TPSA) is 101 Å². The van der Waals surface area contributed by atoms with Crippen LogP contribution in [0.1, 0.15) is 35.7 Å². The fraction of sp³-hybridized carbons (Fsp3) is 0.273. The lowest BCUT2D eigenvalue weighted by Gasteiger charge is -2.24. The van der Waals surface area contributed by atoms with Crippen molar-refractivity contribution in [2.45, 2.75) is 42.9 Å². The molecule has 0 saturated heterocycles. The molecule has 1 aliphatic carbocycles. The second-order valence-electron chi connectivity index (χ2n) is 7.73. The smallest absolute Gasteiger partial charge is 0.417 e. The first kappa shape index (κ1) is 23.0. The normalized spacial score (nSPS) is 16.4. The fourth-order valence-corrected chi connectivity index (χ4v) is 5.31. The first-order valence-electron chi connectivity index (χ1n) is 10.1. The van der Waals surface area contributed by atoms with Crippen LogP contribution in [-0.4, -0.2) is 29.3 Å². The molecule has 7 nitrogen and oxygen atoms in total. The molecule has 2 aromatic carbocycles. The highest BCUT2D eigenvalue weighted by Crippen LogP contribution is 2.37. The second-order valence-corrected chi connectivity index (χ2v) is 9.45. The molecule has 1 unspecified atom stereocenters. The third-order valence-electron chi connectivity index (χ3n) is 5.55. The van der Waals surface area contributed by atoms with Gasteiger partial charge in [-0.2, -0.15) is 18.3 Å². The molecule has 3 aromatic rings. The Morgan fingerprint density at radius 1 is 1.15 bits per heavy atom. The van der Waals surface area contributed by atoms with E-state index in [1.807, 2.05) is 0 Å². The highest BCUT2D eigenvalue weighted by Gasteiger charge is 2.33. The molecule has 4 rings (SSSR count). The van der Waals surface area contributed by atoms with Crippen LogP contribution in [0.15, 0.2) is 59.6 Å². The predicted molar refractivity (Wildman–Crippen MR) is 113 cm³/mol. The third-order valence-corrected chi connectivity index (χ3v) is 7.04. The first-order chi connectivity index (χ1) is 15.6. The molecule has 33 heavy (non-hydrogen) atoms. The van der Waals surface area contributed by atoms with Gasteiger partial charge in [-0.05, 0) is 48.6 Å². The Morgan fingerprint density at radius 3 is 2.52 bits per heavy atom. The summed E-state index contributed by atoms with van der Waals surface area (Å²) in [5.41, 5.74) is 0.713. The standard InChI is InChI=1S/C22H20F3N3O4S/c23-22(24,25)18-5-2-1-4-16(18)14-8-10-15(11-9-14)33(31,32)27-19-6-3-7-20-17(19)12-26-28(20)13-21(29)30/h1-2,4-5,8-12,19,27H,3,6-7,13H2,(H,29,30). The average molecular weight is 479 g/mol. The maximum Gasteiger partial charge on any atom is 0.417 e. The number of alkyl halides is 3. The molecule has 1 atom stereocenters. The van der Waals surface area contributed by atoms with Crippen LogP contribution in [0.2, 0.25) is 0 Å². The van der Waals surface area contributed by atoms with Gasteiger partial charge in [-0.15, -0.1) is 0 Å². The van der Waals surface area contributed by atoms with Gasteiger partial charge in [0, 0.05) is 11.3 Å². The molecule has 0 saturated carbocycles. The van der Waals surface area contributed by atoms with Gasteiger partial charge < -0.3 is 5.11 Å². The van der Waals surface area contributed by atoms with Gasteiger partial charge in [0.25, 0.3) is 0 Å². The highest BCUT2D eigenvalue weighted by atomic mass is 32.2. The summed E-state index contributed by atoms with van der Waals surface area (Å²) in [7, 11) is -3.98. The van der Waals surface area contributed by atoms with E-state index in [0.717, 1.165) is 6.07 Å². The van der Waals surface area contributed by atoms with Crippen LogP contribution in [0.25, 0.3) is 11.1 Å². The number of sulfonamides is 1. The number of carbonyl (C=O) groups is 1. The maximum atomic E-state index is 13.3. The summed E-state index contributed by atoms with van der Waals surface area (Å²) in [6.45, 7) is -0.310. The second kappa shape index (κ2) is 8.64. The minimum atomic E-state index is -4.54. The van der Waals surface area contributed by atoms with E-state index in [2.05, 4.69) is 9.82 Å². The Labute approximate surface area is 187 Å². The number of nitrogens with one attached hydrogen (secondary N) is 1. The monoisotopic (exact) mass is 479 g/mol. The van der Waals surface area contributed by atoms with Crippen LogP contribution in [-0.2, 0) is 34.0 Å². The van der Waals surface area contributed by atoms with E-state index in [9.17, 15) is 26.4 Å². The van der Waals surface area contributed by atoms with Crippen molar-refractivity contribution >= 4 is 16.0 Å². The Kier molecular flexibility index (Phi) is 6.02. The molecule has 0 aliphatic heterocycles. The molecule has 0 radical (unpaired) electrons. The quantitative estimate of drug-likeness (QED) is 0.556. The van der Waals surface area contributed by atoms with E-state index in [-0.39, 0.29) is 22.6 Å². The van der Waals surface area contributed by atoms with Crippen molar-refractivity contribution < 1.29 is 31.5 Å². The number of halogens is 3. The summed E-state index contributed by atoms with van der Waals surface area (Å²) in [4.78, 5) is 10.9. The van der Waals surface area contributed by atoms with Crippen molar-refractivity contribution in [1.82, 2.24) is 14.5 Å². The van der Waals surface area contributed by atoms with Crippen LogP contribution in [0.4, 0.5) is 13.2 Å². The maximum absolute atomic E-state index is 13.3. The van der Waals surface area contributed by atoms with Crippen LogP contribution >= 0.6 is 0 Å². The van der Waals surface area contributed by atoms with Gasteiger partial charge in [0.1, 0.15) is 6.54 Å². The number of hydrogen-bond acceptors (Lipinski definition) is 4. The minimum Gasteiger partial charge on any atom is -0.480 e. The highest BCUT2D eigenvalue weighted by molar-refractivity contribution is 7.89. The minimum absolute atomic E-state index is 0.0373. The molecule has 0 amide bonds. The van der Waals surface area contributed by atoms with E-state index in [1.54, 1.807) is 0 Å². The van der Waals surface area contributed by atoms with Crippen molar-refractivity contribution in [3.8, 4) is 11.1 Å². The number of nitrogens with zero attached hydrogens (tertiary/aromatic N) is 2. The Morgan fingerprint density at radius 2 is 1.85 bits per heavy atom. The average Bonchev–Trinajstić information content (AvgIpc) is 3.16. The molecule has 1 heterocycles. The van der Waals surface area contributed by atoms with E-state index in [1.165, 1.54) is 53.3 Å². The number of hydrogen-bond donors (Lipinski definition) is 2. The number of fused-ring (bicyclic) bond motifs is 1. The SMILES string of the molecule is O=C(O)Cn1ncc2c1CCCC2NS(=O)(=O)c1ccc(-c2ccccc2C(F)(F)F)cc1. The van der Waals surface area contributed by atoms with E-state index in [4.69, 9.17) is 5.11 Å². The van der Waals surface area contributed by atoms with Gasteiger partial charge in [-0.25, -0.2) is 13.1 Å².